The van der Waals surface area contributed by atoms with E-state index in [4.69, 9.17) is 28.2 Å². The van der Waals surface area contributed by atoms with Gasteiger partial charge in [0.25, 0.3) is 0 Å². The summed E-state index contributed by atoms with van der Waals surface area (Å²) in [5.74, 6) is 0. The molecule has 2 nitrogen and oxygen atoms in total. The molecule has 0 amide bonds. The van der Waals surface area contributed by atoms with Gasteiger partial charge in [-0.3, -0.25) is 4.98 Å². The molecule has 0 saturated carbocycles. The lowest BCUT2D eigenvalue weighted by Crippen LogP contribution is -2.18. The first kappa shape index (κ1) is 14.3. The second kappa shape index (κ2) is 6.02. The van der Waals surface area contributed by atoms with Gasteiger partial charge >= 0.3 is 0 Å². The van der Waals surface area contributed by atoms with E-state index in [1.54, 1.807) is 0 Å². The van der Waals surface area contributed by atoms with E-state index < -0.39 is 0 Å². The minimum Gasteiger partial charge on any atom is -0.308 e. The lowest BCUT2D eigenvalue weighted by molar-refractivity contribution is 0.674. The van der Waals surface area contributed by atoms with Gasteiger partial charge in [-0.15, -0.1) is 0 Å². The van der Waals surface area contributed by atoms with Gasteiger partial charge in [-0.1, -0.05) is 53.5 Å². The summed E-state index contributed by atoms with van der Waals surface area (Å²) in [5, 5.41) is 5.52. The molecule has 0 aliphatic carbocycles. The summed E-state index contributed by atoms with van der Waals surface area (Å²) >= 11 is 12.1. The zero-order valence-corrected chi connectivity index (χ0v) is 13.0. The number of benzene rings is 2. The molecule has 1 unspecified atom stereocenters. The molecule has 4 heteroatoms. The molecule has 0 spiro atoms. The van der Waals surface area contributed by atoms with E-state index in [1.165, 1.54) is 0 Å². The number of nitrogens with zero attached hydrogens (tertiary/aromatic N) is 1. The molecule has 2 aromatic carbocycles. The van der Waals surface area contributed by atoms with Crippen molar-refractivity contribution in [2.24, 2.45) is 0 Å². The SMILES string of the molecule is CNC(c1ccc(Cl)c(Cl)c1)c1ccc2ccccc2n1. The molecule has 3 rings (SSSR count). The Morgan fingerprint density at radius 3 is 2.52 bits per heavy atom. The molecule has 1 heterocycles. The van der Waals surface area contributed by atoms with Gasteiger partial charge < -0.3 is 5.32 Å². The Hall–Kier alpha value is -1.61. The van der Waals surface area contributed by atoms with Crippen LogP contribution in [-0.2, 0) is 0 Å². The number of hydrogen-bond acceptors (Lipinski definition) is 2. The van der Waals surface area contributed by atoms with Crippen LogP contribution in [0.5, 0.6) is 0 Å². The van der Waals surface area contributed by atoms with Gasteiger partial charge in [0, 0.05) is 5.39 Å². The van der Waals surface area contributed by atoms with E-state index in [0.29, 0.717) is 10.0 Å². The van der Waals surface area contributed by atoms with E-state index in [-0.39, 0.29) is 6.04 Å². The third-order valence-electron chi connectivity index (χ3n) is 3.48. The average Bonchev–Trinajstić information content (AvgIpc) is 2.51. The Morgan fingerprint density at radius 2 is 1.76 bits per heavy atom. The number of halogens is 2. The fourth-order valence-corrected chi connectivity index (χ4v) is 2.73. The minimum atomic E-state index is -0.0237. The Bertz CT molecular complexity index is 787. The van der Waals surface area contributed by atoms with Crippen LogP contribution >= 0.6 is 23.2 Å². The van der Waals surface area contributed by atoms with Gasteiger partial charge in [0.2, 0.25) is 0 Å². The fraction of sp³-hybridized carbons (Fsp3) is 0.118. The van der Waals surface area contributed by atoms with Crippen LogP contribution in [0.3, 0.4) is 0 Å². The summed E-state index contributed by atoms with van der Waals surface area (Å²) in [4.78, 5) is 4.74. The van der Waals surface area contributed by atoms with Gasteiger partial charge in [0.15, 0.2) is 0 Å². The number of rotatable bonds is 3. The Morgan fingerprint density at radius 1 is 0.952 bits per heavy atom. The Balaban J connectivity index is 2.06. The Labute approximate surface area is 133 Å². The second-order valence-electron chi connectivity index (χ2n) is 4.82. The average molecular weight is 317 g/mol. The van der Waals surface area contributed by atoms with E-state index in [2.05, 4.69) is 17.4 Å². The van der Waals surface area contributed by atoms with Gasteiger partial charge in [-0.05, 0) is 36.9 Å². The van der Waals surface area contributed by atoms with Gasteiger partial charge in [-0.25, -0.2) is 0 Å². The zero-order valence-electron chi connectivity index (χ0n) is 11.5. The lowest BCUT2D eigenvalue weighted by Gasteiger charge is -2.17. The van der Waals surface area contributed by atoms with Crippen molar-refractivity contribution in [3.63, 3.8) is 0 Å². The largest absolute Gasteiger partial charge is 0.308 e. The number of pyridine rings is 1. The molecule has 1 N–H and O–H groups in total. The summed E-state index contributed by atoms with van der Waals surface area (Å²) in [7, 11) is 1.91. The van der Waals surface area contributed by atoms with Gasteiger partial charge in [-0.2, -0.15) is 0 Å². The highest BCUT2D eigenvalue weighted by Crippen LogP contribution is 2.28. The maximum Gasteiger partial charge on any atom is 0.0749 e. The number of hydrogen-bond donors (Lipinski definition) is 1. The van der Waals surface area contributed by atoms with E-state index in [9.17, 15) is 0 Å². The van der Waals surface area contributed by atoms with E-state index >= 15 is 0 Å². The van der Waals surface area contributed by atoms with Crippen LogP contribution in [0, 0.1) is 0 Å². The van der Waals surface area contributed by atoms with Crippen LogP contribution in [0.1, 0.15) is 17.3 Å². The molecular formula is C17H14Cl2N2. The zero-order chi connectivity index (χ0) is 14.8. The predicted octanol–water partition coefficient (Wildman–Crippen LogP) is 4.85. The molecule has 0 bridgehead atoms. The third-order valence-corrected chi connectivity index (χ3v) is 4.22. The van der Waals surface area contributed by atoms with Crippen LogP contribution in [0.2, 0.25) is 10.0 Å². The molecule has 1 atom stereocenters. The maximum atomic E-state index is 6.12. The van der Waals surface area contributed by atoms with Crippen molar-refractivity contribution >= 4 is 34.1 Å². The lowest BCUT2D eigenvalue weighted by atomic mass is 10.0. The summed E-state index contributed by atoms with van der Waals surface area (Å²) < 4.78 is 0. The summed E-state index contributed by atoms with van der Waals surface area (Å²) in [6.45, 7) is 0. The summed E-state index contributed by atoms with van der Waals surface area (Å²) in [6.07, 6.45) is 0. The summed E-state index contributed by atoms with van der Waals surface area (Å²) in [6, 6.07) is 17.8. The van der Waals surface area contributed by atoms with Crippen LogP contribution < -0.4 is 5.32 Å². The normalized spacial score (nSPS) is 12.5. The van der Waals surface area contributed by atoms with Crippen LogP contribution in [0.4, 0.5) is 0 Å². The molecule has 0 saturated heterocycles. The number of aromatic nitrogens is 1. The van der Waals surface area contributed by atoms with Crippen molar-refractivity contribution in [1.29, 1.82) is 0 Å². The van der Waals surface area contributed by atoms with E-state index in [1.807, 2.05) is 49.5 Å². The van der Waals surface area contributed by atoms with Crippen molar-refractivity contribution in [2.75, 3.05) is 7.05 Å². The van der Waals surface area contributed by atoms with Crippen molar-refractivity contribution in [3.8, 4) is 0 Å². The Kier molecular flexibility index (Phi) is 4.11. The number of fused-ring (bicyclic) bond motifs is 1. The maximum absolute atomic E-state index is 6.12. The molecule has 3 aromatic rings. The highest BCUT2D eigenvalue weighted by Gasteiger charge is 2.15. The highest BCUT2D eigenvalue weighted by atomic mass is 35.5. The van der Waals surface area contributed by atoms with Crippen molar-refractivity contribution < 1.29 is 0 Å². The first-order chi connectivity index (χ1) is 10.2. The molecule has 1 aromatic heterocycles. The molecule has 0 fully saturated rings. The monoisotopic (exact) mass is 316 g/mol. The van der Waals surface area contributed by atoms with Crippen LogP contribution in [0.25, 0.3) is 10.9 Å². The van der Waals surface area contributed by atoms with E-state index in [0.717, 1.165) is 22.2 Å². The smallest absolute Gasteiger partial charge is 0.0749 e. The molecule has 21 heavy (non-hydrogen) atoms. The van der Waals surface area contributed by atoms with Crippen molar-refractivity contribution in [3.05, 3.63) is 75.9 Å². The third kappa shape index (κ3) is 2.88. The predicted molar refractivity (Wildman–Crippen MR) is 89.1 cm³/mol. The van der Waals surface area contributed by atoms with Crippen molar-refractivity contribution in [1.82, 2.24) is 10.3 Å². The number of para-hydroxylation sites is 1. The second-order valence-corrected chi connectivity index (χ2v) is 5.64. The quantitative estimate of drug-likeness (QED) is 0.747. The van der Waals surface area contributed by atoms with Gasteiger partial charge in [0.1, 0.15) is 0 Å². The topological polar surface area (TPSA) is 24.9 Å². The molecular weight excluding hydrogens is 303 g/mol. The van der Waals surface area contributed by atoms with Gasteiger partial charge in [0.05, 0.1) is 27.3 Å². The molecule has 0 aliphatic rings. The highest BCUT2D eigenvalue weighted by molar-refractivity contribution is 6.42. The number of nitrogens with one attached hydrogen (secondary N) is 1. The first-order valence-corrected chi connectivity index (χ1v) is 7.42. The first-order valence-electron chi connectivity index (χ1n) is 6.67. The molecule has 0 radical (unpaired) electrons. The molecule has 0 aliphatic heterocycles. The molecule has 106 valence electrons. The van der Waals surface area contributed by atoms with Crippen LogP contribution in [0.15, 0.2) is 54.6 Å². The fourth-order valence-electron chi connectivity index (χ4n) is 2.42. The minimum absolute atomic E-state index is 0.0237. The van der Waals surface area contributed by atoms with Crippen LogP contribution in [-0.4, -0.2) is 12.0 Å². The van der Waals surface area contributed by atoms with Crippen molar-refractivity contribution in [2.45, 2.75) is 6.04 Å². The standard InChI is InChI=1S/C17H14Cl2N2/c1-20-17(12-6-8-13(18)14(19)10-12)16-9-7-11-4-2-3-5-15(11)21-16/h2-10,17,20H,1H3. The summed E-state index contributed by atoms with van der Waals surface area (Å²) in [5.41, 5.74) is 2.97.